The van der Waals surface area contributed by atoms with Crippen LogP contribution in [0.3, 0.4) is 0 Å². The van der Waals surface area contributed by atoms with Crippen LogP contribution in [-0.4, -0.2) is 25.6 Å². The van der Waals surface area contributed by atoms with Crippen LogP contribution >= 0.6 is 11.7 Å². The SMILES string of the molecule is COc1ccc(-n2ncc([C@H](C)NCc3ccc4nsnc4c3)c2C)cc1. The molecule has 0 radical (unpaired) electrons. The first-order valence-electron chi connectivity index (χ1n) is 8.79. The van der Waals surface area contributed by atoms with E-state index < -0.39 is 0 Å². The molecule has 0 amide bonds. The Labute approximate surface area is 162 Å². The molecule has 4 aromatic rings. The summed E-state index contributed by atoms with van der Waals surface area (Å²) >= 11 is 1.25. The van der Waals surface area contributed by atoms with Gasteiger partial charge in [-0.1, -0.05) is 6.07 Å². The number of fused-ring (bicyclic) bond motifs is 1. The standard InChI is InChI=1S/C20H21N5OS/c1-13(21-11-15-4-9-19-20(10-15)24-27-23-19)18-12-22-25(14(18)2)16-5-7-17(26-3)8-6-16/h4-10,12-13,21H,11H2,1-3H3/t13-/m0/s1. The highest BCUT2D eigenvalue weighted by atomic mass is 32.1. The van der Waals surface area contributed by atoms with Gasteiger partial charge >= 0.3 is 0 Å². The number of benzene rings is 2. The first-order chi connectivity index (χ1) is 13.2. The van der Waals surface area contributed by atoms with Crippen LogP contribution in [0.5, 0.6) is 5.75 Å². The number of nitrogens with one attached hydrogen (secondary N) is 1. The van der Waals surface area contributed by atoms with Crippen molar-refractivity contribution < 1.29 is 4.74 Å². The third kappa shape index (κ3) is 3.56. The van der Waals surface area contributed by atoms with Crippen molar-refractivity contribution >= 4 is 22.8 Å². The van der Waals surface area contributed by atoms with E-state index in [2.05, 4.69) is 45.1 Å². The van der Waals surface area contributed by atoms with Gasteiger partial charge in [-0.2, -0.15) is 13.8 Å². The average molecular weight is 379 g/mol. The molecule has 7 heteroatoms. The van der Waals surface area contributed by atoms with Crippen LogP contribution in [0, 0.1) is 6.92 Å². The van der Waals surface area contributed by atoms with E-state index in [-0.39, 0.29) is 6.04 Å². The molecule has 0 saturated heterocycles. The number of rotatable bonds is 6. The molecular weight excluding hydrogens is 358 g/mol. The van der Waals surface area contributed by atoms with Crippen molar-refractivity contribution in [2.75, 3.05) is 7.11 Å². The molecule has 4 rings (SSSR count). The monoisotopic (exact) mass is 379 g/mol. The lowest BCUT2D eigenvalue weighted by Crippen LogP contribution is -2.18. The predicted molar refractivity (Wildman–Crippen MR) is 108 cm³/mol. The van der Waals surface area contributed by atoms with Crippen molar-refractivity contribution in [1.82, 2.24) is 23.8 Å². The van der Waals surface area contributed by atoms with E-state index in [4.69, 9.17) is 4.74 Å². The Hall–Kier alpha value is -2.77. The Kier molecular flexibility index (Phi) is 4.87. The van der Waals surface area contributed by atoms with Gasteiger partial charge in [0, 0.05) is 23.8 Å². The minimum atomic E-state index is 0.182. The summed E-state index contributed by atoms with van der Waals surface area (Å²) in [6.45, 7) is 5.02. The largest absolute Gasteiger partial charge is 0.497 e. The van der Waals surface area contributed by atoms with Gasteiger partial charge in [-0.15, -0.1) is 0 Å². The summed E-state index contributed by atoms with van der Waals surface area (Å²) < 4.78 is 15.7. The van der Waals surface area contributed by atoms with E-state index in [0.29, 0.717) is 0 Å². The van der Waals surface area contributed by atoms with Crippen LogP contribution in [0.2, 0.25) is 0 Å². The lowest BCUT2D eigenvalue weighted by atomic mass is 10.1. The molecule has 2 heterocycles. The van der Waals surface area contributed by atoms with Crippen molar-refractivity contribution in [2.24, 2.45) is 0 Å². The fraction of sp³-hybridized carbons (Fsp3) is 0.250. The molecule has 0 aliphatic heterocycles. The van der Waals surface area contributed by atoms with E-state index in [1.54, 1.807) is 7.11 Å². The molecule has 0 aliphatic carbocycles. The smallest absolute Gasteiger partial charge is 0.119 e. The summed E-state index contributed by atoms with van der Waals surface area (Å²) in [5, 5.41) is 8.15. The van der Waals surface area contributed by atoms with Gasteiger partial charge in [-0.25, -0.2) is 4.68 Å². The van der Waals surface area contributed by atoms with Gasteiger partial charge in [-0.05, 0) is 55.8 Å². The fourth-order valence-electron chi connectivity index (χ4n) is 3.15. The maximum Gasteiger partial charge on any atom is 0.119 e. The van der Waals surface area contributed by atoms with E-state index >= 15 is 0 Å². The number of nitrogens with zero attached hydrogens (tertiary/aromatic N) is 4. The summed E-state index contributed by atoms with van der Waals surface area (Å²) in [6.07, 6.45) is 1.94. The summed E-state index contributed by atoms with van der Waals surface area (Å²) in [5.41, 5.74) is 6.43. The van der Waals surface area contributed by atoms with Gasteiger partial charge < -0.3 is 10.1 Å². The molecule has 2 aromatic heterocycles. The molecule has 138 valence electrons. The highest BCUT2D eigenvalue weighted by Crippen LogP contribution is 2.22. The number of hydrogen-bond donors (Lipinski definition) is 1. The number of aromatic nitrogens is 4. The highest BCUT2D eigenvalue weighted by molar-refractivity contribution is 7.00. The van der Waals surface area contributed by atoms with Crippen molar-refractivity contribution in [3.8, 4) is 11.4 Å². The second-order valence-electron chi connectivity index (χ2n) is 6.49. The third-order valence-corrected chi connectivity index (χ3v) is 5.32. The normalized spacial score (nSPS) is 12.4. The molecule has 1 N–H and O–H groups in total. The van der Waals surface area contributed by atoms with Gasteiger partial charge in [0.15, 0.2) is 0 Å². The minimum absolute atomic E-state index is 0.182. The van der Waals surface area contributed by atoms with E-state index in [1.807, 2.05) is 41.2 Å². The van der Waals surface area contributed by atoms with Crippen LogP contribution < -0.4 is 10.1 Å². The molecular formula is C20H21N5OS. The fourth-order valence-corrected chi connectivity index (χ4v) is 3.67. The van der Waals surface area contributed by atoms with Gasteiger partial charge in [-0.3, -0.25) is 0 Å². The lowest BCUT2D eigenvalue weighted by molar-refractivity contribution is 0.414. The van der Waals surface area contributed by atoms with E-state index in [0.717, 1.165) is 34.7 Å². The Bertz CT molecular complexity index is 1050. The predicted octanol–water partition coefficient (Wildman–Crippen LogP) is 4.04. The minimum Gasteiger partial charge on any atom is -0.497 e. The second-order valence-corrected chi connectivity index (χ2v) is 7.01. The highest BCUT2D eigenvalue weighted by Gasteiger charge is 2.14. The number of methoxy groups -OCH3 is 1. The average Bonchev–Trinajstić information content (AvgIpc) is 3.32. The molecule has 0 spiro atoms. The van der Waals surface area contributed by atoms with Crippen LogP contribution in [-0.2, 0) is 6.54 Å². The topological polar surface area (TPSA) is 64.9 Å². The third-order valence-electron chi connectivity index (χ3n) is 4.76. The van der Waals surface area contributed by atoms with Crippen molar-refractivity contribution in [3.05, 3.63) is 65.5 Å². The Balaban J connectivity index is 1.48. The van der Waals surface area contributed by atoms with Crippen LogP contribution in [0.1, 0.15) is 29.8 Å². The Morgan fingerprint density at radius 2 is 1.89 bits per heavy atom. The van der Waals surface area contributed by atoms with Crippen molar-refractivity contribution in [2.45, 2.75) is 26.4 Å². The summed E-state index contributed by atoms with van der Waals surface area (Å²) in [4.78, 5) is 0. The van der Waals surface area contributed by atoms with Crippen LogP contribution in [0.15, 0.2) is 48.7 Å². The molecule has 1 atom stereocenters. The zero-order valence-electron chi connectivity index (χ0n) is 15.5. The van der Waals surface area contributed by atoms with Gasteiger partial charge in [0.2, 0.25) is 0 Å². The van der Waals surface area contributed by atoms with E-state index in [9.17, 15) is 0 Å². The van der Waals surface area contributed by atoms with Crippen LogP contribution in [0.4, 0.5) is 0 Å². The molecule has 0 bridgehead atoms. The first kappa shape index (κ1) is 17.6. The zero-order valence-corrected chi connectivity index (χ0v) is 16.3. The van der Waals surface area contributed by atoms with Gasteiger partial charge in [0.05, 0.1) is 30.7 Å². The molecule has 2 aromatic carbocycles. The lowest BCUT2D eigenvalue weighted by Gasteiger charge is -2.14. The summed E-state index contributed by atoms with van der Waals surface area (Å²) in [5.74, 6) is 0.839. The molecule has 27 heavy (non-hydrogen) atoms. The Morgan fingerprint density at radius 3 is 2.67 bits per heavy atom. The molecule has 0 fully saturated rings. The summed E-state index contributed by atoms with van der Waals surface area (Å²) in [6, 6.07) is 14.3. The maximum atomic E-state index is 5.23. The number of hydrogen-bond acceptors (Lipinski definition) is 6. The molecule has 0 saturated carbocycles. The Morgan fingerprint density at radius 1 is 1.11 bits per heavy atom. The van der Waals surface area contributed by atoms with Crippen molar-refractivity contribution in [3.63, 3.8) is 0 Å². The molecule has 0 aliphatic rings. The van der Waals surface area contributed by atoms with Crippen LogP contribution in [0.25, 0.3) is 16.7 Å². The van der Waals surface area contributed by atoms with E-state index in [1.165, 1.54) is 22.9 Å². The quantitative estimate of drug-likeness (QED) is 0.548. The maximum absolute atomic E-state index is 5.23. The molecule has 6 nitrogen and oxygen atoms in total. The first-order valence-corrected chi connectivity index (χ1v) is 9.52. The molecule has 0 unspecified atom stereocenters. The van der Waals surface area contributed by atoms with Gasteiger partial charge in [0.25, 0.3) is 0 Å². The summed E-state index contributed by atoms with van der Waals surface area (Å²) in [7, 11) is 1.67. The van der Waals surface area contributed by atoms with Crippen molar-refractivity contribution in [1.29, 1.82) is 0 Å². The number of ether oxygens (including phenoxy) is 1. The van der Waals surface area contributed by atoms with Gasteiger partial charge in [0.1, 0.15) is 16.8 Å². The zero-order chi connectivity index (χ0) is 18.8. The second kappa shape index (κ2) is 7.46.